The highest BCUT2D eigenvalue weighted by molar-refractivity contribution is 6.35. The Balaban J connectivity index is 1.85. The van der Waals surface area contributed by atoms with Gasteiger partial charge in [-0.05, 0) is 49.2 Å². The standard InChI is InChI=1S/C17H16Cl2O3/c1-11-5-12(2)7-15(6-11)21-10-17(20)22-9-13-3-4-14(18)8-16(13)19/h3-8H,9-10H2,1-2H3. The Hall–Kier alpha value is -1.71. The van der Waals surface area contributed by atoms with Gasteiger partial charge in [0.15, 0.2) is 6.61 Å². The maximum absolute atomic E-state index is 11.7. The number of hydrogen-bond donors (Lipinski definition) is 0. The predicted octanol–water partition coefficient (Wildman–Crippen LogP) is 4.73. The zero-order chi connectivity index (χ0) is 16.1. The van der Waals surface area contributed by atoms with Crippen LogP contribution in [0.1, 0.15) is 16.7 Å². The third-order valence-corrected chi connectivity index (χ3v) is 3.54. The third kappa shape index (κ3) is 4.93. The number of carbonyl (C=O) groups excluding carboxylic acids is 1. The Labute approximate surface area is 139 Å². The smallest absolute Gasteiger partial charge is 0.344 e. The van der Waals surface area contributed by atoms with Crippen molar-refractivity contribution in [2.75, 3.05) is 6.61 Å². The summed E-state index contributed by atoms with van der Waals surface area (Å²) in [6.07, 6.45) is 0. The van der Waals surface area contributed by atoms with Gasteiger partial charge in [-0.25, -0.2) is 4.79 Å². The van der Waals surface area contributed by atoms with Crippen molar-refractivity contribution in [2.45, 2.75) is 20.5 Å². The molecule has 0 amide bonds. The van der Waals surface area contributed by atoms with Gasteiger partial charge in [-0.3, -0.25) is 0 Å². The lowest BCUT2D eigenvalue weighted by Crippen LogP contribution is -2.15. The molecule has 0 bridgehead atoms. The minimum Gasteiger partial charge on any atom is -0.482 e. The Morgan fingerprint density at radius 2 is 1.73 bits per heavy atom. The van der Waals surface area contributed by atoms with Crippen LogP contribution in [0.25, 0.3) is 0 Å². The first-order chi connectivity index (χ1) is 10.4. The summed E-state index contributed by atoms with van der Waals surface area (Å²) in [5.74, 6) is 0.198. The molecule has 3 nitrogen and oxygen atoms in total. The van der Waals surface area contributed by atoms with Gasteiger partial charge < -0.3 is 9.47 Å². The van der Waals surface area contributed by atoms with Crippen LogP contribution < -0.4 is 4.74 Å². The van der Waals surface area contributed by atoms with Gasteiger partial charge in [-0.1, -0.05) is 35.3 Å². The first-order valence-electron chi connectivity index (χ1n) is 6.74. The number of benzene rings is 2. The van der Waals surface area contributed by atoms with E-state index in [2.05, 4.69) is 0 Å². The second-order valence-electron chi connectivity index (χ2n) is 5.01. The second-order valence-corrected chi connectivity index (χ2v) is 5.85. The molecule has 0 N–H and O–H groups in total. The molecule has 0 aliphatic rings. The van der Waals surface area contributed by atoms with E-state index in [0.29, 0.717) is 21.4 Å². The van der Waals surface area contributed by atoms with Gasteiger partial charge in [0.25, 0.3) is 0 Å². The van der Waals surface area contributed by atoms with E-state index in [-0.39, 0.29) is 13.2 Å². The maximum atomic E-state index is 11.7. The number of carbonyl (C=O) groups is 1. The molecule has 0 saturated carbocycles. The fourth-order valence-electron chi connectivity index (χ4n) is 2.00. The molecular formula is C17H16Cl2O3. The normalized spacial score (nSPS) is 10.4. The number of hydrogen-bond acceptors (Lipinski definition) is 3. The summed E-state index contributed by atoms with van der Waals surface area (Å²) < 4.78 is 10.6. The van der Waals surface area contributed by atoms with Gasteiger partial charge in [0.1, 0.15) is 12.4 Å². The third-order valence-electron chi connectivity index (χ3n) is 2.96. The van der Waals surface area contributed by atoms with Crippen LogP contribution in [0.4, 0.5) is 0 Å². The summed E-state index contributed by atoms with van der Waals surface area (Å²) in [7, 11) is 0. The van der Waals surface area contributed by atoms with E-state index in [1.807, 2.05) is 32.0 Å². The fourth-order valence-corrected chi connectivity index (χ4v) is 2.46. The van der Waals surface area contributed by atoms with E-state index in [9.17, 15) is 4.79 Å². The fraction of sp³-hybridized carbons (Fsp3) is 0.235. The molecule has 0 unspecified atom stereocenters. The van der Waals surface area contributed by atoms with Crippen molar-refractivity contribution >= 4 is 29.2 Å². The number of esters is 1. The molecule has 5 heteroatoms. The number of rotatable bonds is 5. The largest absolute Gasteiger partial charge is 0.482 e. The van der Waals surface area contributed by atoms with Crippen LogP contribution in [0.15, 0.2) is 36.4 Å². The average molecular weight is 339 g/mol. The van der Waals surface area contributed by atoms with E-state index in [1.54, 1.807) is 18.2 Å². The van der Waals surface area contributed by atoms with Crippen LogP contribution in [-0.2, 0) is 16.1 Å². The van der Waals surface area contributed by atoms with E-state index >= 15 is 0 Å². The van der Waals surface area contributed by atoms with Crippen molar-refractivity contribution in [1.29, 1.82) is 0 Å². The van der Waals surface area contributed by atoms with Gasteiger partial charge in [0, 0.05) is 15.6 Å². The summed E-state index contributed by atoms with van der Waals surface area (Å²) in [4.78, 5) is 11.7. The van der Waals surface area contributed by atoms with Gasteiger partial charge >= 0.3 is 5.97 Å². The second kappa shape index (κ2) is 7.52. The Bertz CT molecular complexity index is 663. The SMILES string of the molecule is Cc1cc(C)cc(OCC(=O)OCc2ccc(Cl)cc2Cl)c1. The number of halogens is 2. The highest BCUT2D eigenvalue weighted by Gasteiger charge is 2.08. The zero-order valence-corrected chi connectivity index (χ0v) is 13.9. The zero-order valence-electron chi connectivity index (χ0n) is 12.4. The first kappa shape index (κ1) is 16.7. The molecule has 2 rings (SSSR count). The summed E-state index contributed by atoms with van der Waals surface area (Å²) in [5, 5.41) is 1.01. The van der Waals surface area contributed by atoms with Crippen LogP contribution in [-0.4, -0.2) is 12.6 Å². The Kier molecular flexibility index (Phi) is 5.69. The molecule has 0 fully saturated rings. The average Bonchev–Trinajstić information content (AvgIpc) is 2.43. The minimum atomic E-state index is -0.454. The van der Waals surface area contributed by atoms with Crippen molar-refractivity contribution in [3.8, 4) is 5.75 Å². The van der Waals surface area contributed by atoms with Crippen LogP contribution in [0.2, 0.25) is 10.0 Å². The highest BCUT2D eigenvalue weighted by atomic mass is 35.5. The lowest BCUT2D eigenvalue weighted by Gasteiger charge is -2.09. The number of ether oxygens (including phenoxy) is 2. The molecule has 0 aliphatic heterocycles. The first-order valence-corrected chi connectivity index (χ1v) is 7.50. The molecule has 2 aromatic carbocycles. The van der Waals surface area contributed by atoms with Crippen molar-refractivity contribution < 1.29 is 14.3 Å². The molecule has 0 radical (unpaired) electrons. The predicted molar refractivity (Wildman–Crippen MR) is 87.7 cm³/mol. The number of aryl methyl sites for hydroxylation is 2. The quantitative estimate of drug-likeness (QED) is 0.739. The molecule has 0 saturated heterocycles. The lowest BCUT2D eigenvalue weighted by molar-refractivity contribution is -0.147. The summed E-state index contributed by atoms with van der Waals surface area (Å²) in [6.45, 7) is 3.89. The molecule has 0 aromatic heterocycles. The summed E-state index contributed by atoms with van der Waals surface area (Å²) in [5.41, 5.74) is 2.86. The van der Waals surface area contributed by atoms with Crippen molar-refractivity contribution in [2.24, 2.45) is 0 Å². The summed E-state index contributed by atoms with van der Waals surface area (Å²) >= 11 is 11.8. The minimum absolute atomic E-state index is 0.0883. The Morgan fingerprint density at radius 3 is 2.36 bits per heavy atom. The Morgan fingerprint density at radius 1 is 1.05 bits per heavy atom. The van der Waals surface area contributed by atoms with Crippen LogP contribution in [0.3, 0.4) is 0 Å². The van der Waals surface area contributed by atoms with E-state index in [1.165, 1.54) is 0 Å². The van der Waals surface area contributed by atoms with Gasteiger partial charge in [0.2, 0.25) is 0 Å². The molecular weight excluding hydrogens is 323 g/mol. The lowest BCUT2D eigenvalue weighted by atomic mass is 10.1. The molecule has 0 atom stereocenters. The van der Waals surface area contributed by atoms with Crippen molar-refractivity contribution in [3.63, 3.8) is 0 Å². The molecule has 0 heterocycles. The van der Waals surface area contributed by atoms with E-state index in [4.69, 9.17) is 32.7 Å². The van der Waals surface area contributed by atoms with Crippen LogP contribution in [0.5, 0.6) is 5.75 Å². The molecule has 116 valence electrons. The van der Waals surface area contributed by atoms with E-state index in [0.717, 1.165) is 11.1 Å². The molecule has 0 aliphatic carbocycles. The van der Waals surface area contributed by atoms with Crippen LogP contribution >= 0.6 is 23.2 Å². The topological polar surface area (TPSA) is 35.5 Å². The van der Waals surface area contributed by atoms with Gasteiger partial charge in [-0.2, -0.15) is 0 Å². The molecule has 2 aromatic rings. The highest BCUT2D eigenvalue weighted by Crippen LogP contribution is 2.21. The van der Waals surface area contributed by atoms with Crippen LogP contribution in [0, 0.1) is 13.8 Å². The molecule has 22 heavy (non-hydrogen) atoms. The monoisotopic (exact) mass is 338 g/mol. The van der Waals surface area contributed by atoms with E-state index < -0.39 is 5.97 Å². The van der Waals surface area contributed by atoms with Gasteiger partial charge in [-0.15, -0.1) is 0 Å². The van der Waals surface area contributed by atoms with Gasteiger partial charge in [0.05, 0.1) is 0 Å². The van der Waals surface area contributed by atoms with Crippen molar-refractivity contribution in [1.82, 2.24) is 0 Å². The molecule has 0 spiro atoms. The van der Waals surface area contributed by atoms with Crippen molar-refractivity contribution in [3.05, 3.63) is 63.1 Å². The maximum Gasteiger partial charge on any atom is 0.344 e. The summed E-state index contributed by atoms with van der Waals surface area (Å²) in [6, 6.07) is 10.8.